The van der Waals surface area contributed by atoms with Gasteiger partial charge in [-0.3, -0.25) is 0 Å². The van der Waals surface area contributed by atoms with Crippen LogP contribution in [0.2, 0.25) is 0 Å². The van der Waals surface area contributed by atoms with E-state index < -0.39 is 0 Å². The maximum Gasteiger partial charge on any atom is 0.00864 e. The molecule has 0 unspecified atom stereocenters. The Kier molecular flexibility index (Phi) is 4.54. The van der Waals surface area contributed by atoms with E-state index in [1.807, 2.05) is 23.5 Å². The van der Waals surface area contributed by atoms with E-state index in [0.717, 1.165) is 0 Å². The van der Waals surface area contributed by atoms with Gasteiger partial charge in [-0.15, -0.1) is 23.5 Å². The molecule has 0 aliphatic rings. The smallest absolute Gasteiger partial charge is 0.00864 e. The van der Waals surface area contributed by atoms with Crippen LogP contribution in [0.25, 0.3) is 43.4 Å². The summed E-state index contributed by atoms with van der Waals surface area (Å²) in [5.41, 5.74) is 2.64. The van der Waals surface area contributed by atoms with E-state index in [1.54, 1.807) is 0 Å². The summed E-state index contributed by atoms with van der Waals surface area (Å²) < 4.78 is 0. The first-order valence-corrected chi connectivity index (χ1v) is 11.8. The normalized spacial score (nSPS) is 11.5. The molecule has 0 saturated carbocycles. The summed E-state index contributed by atoms with van der Waals surface area (Å²) in [6.07, 6.45) is 4.30. The van der Waals surface area contributed by atoms with Crippen molar-refractivity contribution in [3.05, 3.63) is 84.9 Å². The standard InChI is InChI=1S/C26H20S2/c1-27-22-13-21(14-23(16-22)28-2)26-24-10-6-5-9-19(24)12-20-11-17-7-3-4-8-18(17)15-25(20)26/h3-16H,1-2H3. The van der Waals surface area contributed by atoms with Gasteiger partial charge in [0.25, 0.3) is 0 Å². The van der Waals surface area contributed by atoms with Crippen LogP contribution in [-0.4, -0.2) is 12.5 Å². The lowest BCUT2D eigenvalue weighted by atomic mass is 9.90. The molecule has 0 aliphatic carbocycles. The molecular formula is C26H20S2. The van der Waals surface area contributed by atoms with E-state index in [1.165, 1.54) is 53.2 Å². The highest BCUT2D eigenvalue weighted by Crippen LogP contribution is 2.40. The second-order valence-corrected chi connectivity index (χ2v) is 8.75. The van der Waals surface area contributed by atoms with Crippen LogP contribution in [0.15, 0.2) is 94.7 Å². The van der Waals surface area contributed by atoms with Crippen LogP contribution in [-0.2, 0) is 0 Å². The molecule has 0 heterocycles. The van der Waals surface area contributed by atoms with Gasteiger partial charge in [-0.25, -0.2) is 0 Å². The highest BCUT2D eigenvalue weighted by Gasteiger charge is 2.12. The molecule has 5 aromatic carbocycles. The molecule has 0 bridgehead atoms. The van der Waals surface area contributed by atoms with Gasteiger partial charge in [-0.2, -0.15) is 0 Å². The van der Waals surface area contributed by atoms with Crippen molar-refractivity contribution < 1.29 is 0 Å². The first kappa shape index (κ1) is 17.7. The third-order valence-electron chi connectivity index (χ3n) is 5.37. The number of fused-ring (bicyclic) bond motifs is 3. The minimum Gasteiger partial charge on any atom is -0.130 e. The molecular weight excluding hydrogens is 376 g/mol. The van der Waals surface area contributed by atoms with Crippen molar-refractivity contribution in [1.82, 2.24) is 0 Å². The summed E-state index contributed by atoms with van der Waals surface area (Å²) >= 11 is 3.61. The lowest BCUT2D eigenvalue weighted by Gasteiger charge is -2.15. The van der Waals surface area contributed by atoms with Crippen molar-refractivity contribution >= 4 is 55.8 Å². The number of hydrogen-bond donors (Lipinski definition) is 0. The first-order chi connectivity index (χ1) is 13.8. The maximum absolute atomic E-state index is 2.36. The highest BCUT2D eigenvalue weighted by atomic mass is 32.2. The van der Waals surface area contributed by atoms with Crippen molar-refractivity contribution in [2.75, 3.05) is 12.5 Å². The summed E-state index contributed by atoms with van der Waals surface area (Å²) in [7, 11) is 0. The summed E-state index contributed by atoms with van der Waals surface area (Å²) in [4.78, 5) is 2.62. The summed E-state index contributed by atoms with van der Waals surface area (Å²) in [6.45, 7) is 0. The zero-order valence-corrected chi connectivity index (χ0v) is 17.5. The first-order valence-electron chi connectivity index (χ1n) is 9.34. The zero-order valence-electron chi connectivity index (χ0n) is 15.9. The summed E-state index contributed by atoms with van der Waals surface area (Å²) in [5.74, 6) is 0. The van der Waals surface area contributed by atoms with Crippen LogP contribution < -0.4 is 0 Å². The second kappa shape index (κ2) is 7.20. The van der Waals surface area contributed by atoms with Gasteiger partial charge < -0.3 is 0 Å². The Balaban J connectivity index is 1.96. The molecule has 0 atom stereocenters. The minimum absolute atomic E-state index is 1.29. The molecule has 28 heavy (non-hydrogen) atoms. The number of benzene rings is 5. The molecule has 0 amide bonds. The molecule has 0 saturated heterocycles. The van der Waals surface area contributed by atoms with Crippen LogP contribution in [0.3, 0.4) is 0 Å². The third-order valence-corrected chi connectivity index (χ3v) is 6.78. The van der Waals surface area contributed by atoms with Crippen LogP contribution in [0.1, 0.15) is 0 Å². The fraction of sp³-hybridized carbons (Fsp3) is 0.0769. The second-order valence-electron chi connectivity index (χ2n) is 6.99. The van der Waals surface area contributed by atoms with Gasteiger partial charge in [-0.05, 0) is 92.4 Å². The van der Waals surface area contributed by atoms with Crippen molar-refractivity contribution in [2.24, 2.45) is 0 Å². The number of rotatable bonds is 3. The van der Waals surface area contributed by atoms with Gasteiger partial charge in [0.15, 0.2) is 0 Å². The zero-order chi connectivity index (χ0) is 19.1. The molecule has 0 radical (unpaired) electrons. The topological polar surface area (TPSA) is 0 Å². The average Bonchev–Trinajstić information content (AvgIpc) is 2.75. The minimum atomic E-state index is 1.29. The molecule has 5 rings (SSSR count). The van der Waals surface area contributed by atoms with E-state index in [4.69, 9.17) is 0 Å². The largest absolute Gasteiger partial charge is 0.130 e. The van der Waals surface area contributed by atoms with E-state index in [2.05, 4.69) is 97.4 Å². The van der Waals surface area contributed by atoms with Crippen molar-refractivity contribution in [3.63, 3.8) is 0 Å². The fourth-order valence-electron chi connectivity index (χ4n) is 4.02. The number of hydrogen-bond acceptors (Lipinski definition) is 2. The molecule has 0 nitrogen and oxygen atoms in total. The quantitative estimate of drug-likeness (QED) is 0.222. The van der Waals surface area contributed by atoms with Crippen molar-refractivity contribution in [2.45, 2.75) is 9.79 Å². The predicted octanol–water partition coefficient (Wildman–Crippen LogP) is 8.26. The maximum atomic E-state index is 2.36. The van der Waals surface area contributed by atoms with Crippen molar-refractivity contribution in [1.29, 1.82) is 0 Å². The molecule has 0 spiro atoms. The van der Waals surface area contributed by atoms with Gasteiger partial charge in [0.2, 0.25) is 0 Å². The Bertz CT molecular complexity index is 1310. The molecule has 136 valence electrons. The lowest BCUT2D eigenvalue weighted by Crippen LogP contribution is -1.88. The third kappa shape index (κ3) is 2.97. The van der Waals surface area contributed by atoms with Crippen LogP contribution >= 0.6 is 23.5 Å². The molecule has 0 N–H and O–H groups in total. The van der Waals surface area contributed by atoms with Gasteiger partial charge in [0, 0.05) is 9.79 Å². The predicted molar refractivity (Wildman–Crippen MR) is 128 cm³/mol. The Labute approximate surface area is 174 Å². The Morgan fingerprint density at radius 2 is 1.07 bits per heavy atom. The molecule has 0 fully saturated rings. The SMILES string of the molecule is CSc1cc(SC)cc(-c2c3ccccc3cc3cc4ccccc4cc23)c1. The molecule has 5 aromatic rings. The fourth-order valence-corrected chi connectivity index (χ4v) is 5.07. The number of thioether (sulfide) groups is 2. The summed E-state index contributed by atoms with van der Waals surface area (Å²) in [6, 6.07) is 31.4. The van der Waals surface area contributed by atoms with Crippen LogP contribution in [0.5, 0.6) is 0 Å². The van der Waals surface area contributed by atoms with E-state index >= 15 is 0 Å². The van der Waals surface area contributed by atoms with Gasteiger partial charge in [0.05, 0.1) is 0 Å². The average molecular weight is 397 g/mol. The van der Waals surface area contributed by atoms with Crippen molar-refractivity contribution in [3.8, 4) is 11.1 Å². The Morgan fingerprint density at radius 3 is 1.75 bits per heavy atom. The molecule has 0 aromatic heterocycles. The van der Waals surface area contributed by atoms with E-state index in [-0.39, 0.29) is 0 Å². The van der Waals surface area contributed by atoms with Crippen LogP contribution in [0, 0.1) is 0 Å². The summed E-state index contributed by atoms with van der Waals surface area (Å²) in [5, 5.41) is 7.81. The lowest BCUT2D eigenvalue weighted by molar-refractivity contribution is 1.34. The Morgan fingerprint density at radius 1 is 0.500 bits per heavy atom. The van der Waals surface area contributed by atoms with Crippen LogP contribution in [0.4, 0.5) is 0 Å². The molecule has 2 heteroatoms. The van der Waals surface area contributed by atoms with E-state index in [9.17, 15) is 0 Å². The Hall–Kier alpha value is -2.42. The highest BCUT2D eigenvalue weighted by molar-refractivity contribution is 7.99. The monoisotopic (exact) mass is 396 g/mol. The van der Waals surface area contributed by atoms with Gasteiger partial charge in [0.1, 0.15) is 0 Å². The van der Waals surface area contributed by atoms with Gasteiger partial charge >= 0.3 is 0 Å². The molecule has 0 aliphatic heterocycles. The van der Waals surface area contributed by atoms with E-state index in [0.29, 0.717) is 0 Å². The van der Waals surface area contributed by atoms with Gasteiger partial charge in [-0.1, -0.05) is 48.5 Å².